The molecule has 20 heavy (non-hydrogen) atoms. The first-order valence-corrected chi connectivity index (χ1v) is 7.89. The third-order valence-electron chi connectivity index (χ3n) is 3.52. The SMILES string of the molecule is CCCCCCCCCOc1ccc(C)cc1C(C)=O. The summed E-state index contributed by atoms with van der Waals surface area (Å²) in [5, 5.41) is 0. The third-order valence-corrected chi connectivity index (χ3v) is 3.52. The molecule has 1 rings (SSSR count). The minimum Gasteiger partial charge on any atom is -0.493 e. The number of benzene rings is 1. The van der Waals surface area contributed by atoms with Gasteiger partial charge in [0.2, 0.25) is 0 Å². The van der Waals surface area contributed by atoms with Crippen LogP contribution in [0.25, 0.3) is 0 Å². The van der Waals surface area contributed by atoms with Crippen molar-refractivity contribution < 1.29 is 9.53 Å². The van der Waals surface area contributed by atoms with Crippen molar-refractivity contribution in [3.05, 3.63) is 29.3 Å². The minimum absolute atomic E-state index is 0.0725. The van der Waals surface area contributed by atoms with Gasteiger partial charge in [0.05, 0.1) is 12.2 Å². The van der Waals surface area contributed by atoms with Gasteiger partial charge in [0.15, 0.2) is 5.78 Å². The lowest BCUT2D eigenvalue weighted by atomic mass is 10.1. The second-order valence-electron chi connectivity index (χ2n) is 5.53. The van der Waals surface area contributed by atoms with Gasteiger partial charge in [-0.3, -0.25) is 4.79 Å². The van der Waals surface area contributed by atoms with E-state index in [0.29, 0.717) is 12.2 Å². The van der Waals surface area contributed by atoms with Crippen molar-refractivity contribution >= 4 is 5.78 Å². The van der Waals surface area contributed by atoms with E-state index in [9.17, 15) is 4.79 Å². The van der Waals surface area contributed by atoms with Crippen LogP contribution in [-0.2, 0) is 0 Å². The highest BCUT2D eigenvalue weighted by molar-refractivity contribution is 5.97. The van der Waals surface area contributed by atoms with Crippen molar-refractivity contribution in [1.82, 2.24) is 0 Å². The Bertz CT molecular complexity index is 410. The fraction of sp³-hybridized carbons (Fsp3) is 0.611. The molecule has 1 aromatic carbocycles. The van der Waals surface area contributed by atoms with Gasteiger partial charge in [-0.25, -0.2) is 0 Å². The van der Waals surface area contributed by atoms with Crippen molar-refractivity contribution in [3.8, 4) is 5.75 Å². The van der Waals surface area contributed by atoms with Crippen LogP contribution in [-0.4, -0.2) is 12.4 Å². The van der Waals surface area contributed by atoms with E-state index in [-0.39, 0.29) is 5.78 Å². The Hall–Kier alpha value is -1.31. The number of rotatable bonds is 10. The lowest BCUT2D eigenvalue weighted by Gasteiger charge is -2.10. The number of unbranched alkanes of at least 4 members (excludes halogenated alkanes) is 6. The van der Waals surface area contributed by atoms with E-state index in [2.05, 4.69) is 6.92 Å². The number of ketones is 1. The van der Waals surface area contributed by atoms with Gasteiger partial charge in [0.1, 0.15) is 5.75 Å². The molecule has 0 aliphatic heterocycles. The van der Waals surface area contributed by atoms with Crippen molar-refractivity contribution in [3.63, 3.8) is 0 Å². The fourth-order valence-electron chi connectivity index (χ4n) is 2.29. The average Bonchev–Trinajstić information content (AvgIpc) is 2.43. The van der Waals surface area contributed by atoms with E-state index in [0.717, 1.165) is 17.7 Å². The molecule has 0 N–H and O–H groups in total. The Balaban J connectivity index is 2.27. The molecule has 0 saturated heterocycles. The van der Waals surface area contributed by atoms with Gasteiger partial charge in [0.25, 0.3) is 0 Å². The van der Waals surface area contributed by atoms with Crippen LogP contribution in [0, 0.1) is 6.92 Å². The second kappa shape index (κ2) is 9.57. The predicted molar refractivity (Wildman–Crippen MR) is 84.7 cm³/mol. The summed E-state index contributed by atoms with van der Waals surface area (Å²) in [4.78, 5) is 11.6. The van der Waals surface area contributed by atoms with Crippen molar-refractivity contribution in [2.45, 2.75) is 65.7 Å². The van der Waals surface area contributed by atoms with Crippen LogP contribution in [0.1, 0.15) is 74.7 Å². The monoisotopic (exact) mass is 276 g/mol. The molecule has 112 valence electrons. The summed E-state index contributed by atoms with van der Waals surface area (Å²) in [6.07, 6.45) is 8.90. The quantitative estimate of drug-likeness (QED) is 0.426. The number of aryl methyl sites for hydroxylation is 1. The van der Waals surface area contributed by atoms with Crippen molar-refractivity contribution in [2.24, 2.45) is 0 Å². The van der Waals surface area contributed by atoms with Gasteiger partial charge in [-0.2, -0.15) is 0 Å². The van der Waals surface area contributed by atoms with Gasteiger partial charge in [0, 0.05) is 0 Å². The molecule has 0 aliphatic carbocycles. The maximum absolute atomic E-state index is 11.6. The molecule has 0 fully saturated rings. The van der Waals surface area contributed by atoms with Gasteiger partial charge in [-0.05, 0) is 32.4 Å². The number of hydrogen-bond acceptors (Lipinski definition) is 2. The van der Waals surface area contributed by atoms with Crippen molar-refractivity contribution in [2.75, 3.05) is 6.61 Å². The Labute approximate surface area is 123 Å². The smallest absolute Gasteiger partial charge is 0.163 e. The van der Waals surface area contributed by atoms with E-state index in [1.165, 1.54) is 38.5 Å². The molecule has 0 amide bonds. The molecule has 0 saturated carbocycles. The molecule has 0 bridgehead atoms. The normalized spacial score (nSPS) is 10.6. The third kappa shape index (κ3) is 6.23. The molecule has 2 nitrogen and oxygen atoms in total. The van der Waals surface area contributed by atoms with E-state index in [1.807, 2.05) is 25.1 Å². The first kappa shape index (κ1) is 16.7. The first-order valence-electron chi connectivity index (χ1n) is 7.89. The van der Waals surface area contributed by atoms with Crippen LogP contribution >= 0.6 is 0 Å². The molecular formula is C18H28O2. The summed E-state index contributed by atoms with van der Waals surface area (Å²) in [6, 6.07) is 5.81. The van der Waals surface area contributed by atoms with Crippen LogP contribution in [0.4, 0.5) is 0 Å². The van der Waals surface area contributed by atoms with E-state index < -0.39 is 0 Å². The summed E-state index contributed by atoms with van der Waals surface area (Å²) in [7, 11) is 0. The molecular weight excluding hydrogens is 248 g/mol. The van der Waals surface area contributed by atoms with Crippen LogP contribution in [0.3, 0.4) is 0 Å². The number of carbonyl (C=O) groups excluding carboxylic acids is 1. The van der Waals surface area contributed by atoms with E-state index >= 15 is 0 Å². The van der Waals surface area contributed by atoms with E-state index in [4.69, 9.17) is 4.74 Å². The summed E-state index contributed by atoms with van der Waals surface area (Å²) in [5.41, 5.74) is 1.80. The summed E-state index contributed by atoms with van der Waals surface area (Å²) in [5.74, 6) is 0.803. The predicted octanol–water partition coefficient (Wildman–Crippen LogP) is 5.33. The van der Waals surface area contributed by atoms with Crippen molar-refractivity contribution in [1.29, 1.82) is 0 Å². The van der Waals surface area contributed by atoms with Gasteiger partial charge >= 0.3 is 0 Å². The standard InChI is InChI=1S/C18H28O2/c1-4-5-6-7-8-9-10-13-20-18-12-11-15(2)14-17(18)16(3)19/h11-12,14H,4-10,13H2,1-3H3. The zero-order chi connectivity index (χ0) is 14.8. The number of carbonyl (C=O) groups is 1. The van der Waals surface area contributed by atoms with Crippen LogP contribution in [0.2, 0.25) is 0 Å². The molecule has 0 heterocycles. The Kier molecular flexibility index (Phi) is 8.01. The van der Waals surface area contributed by atoms with Gasteiger partial charge in [-0.1, -0.05) is 57.1 Å². The zero-order valence-corrected chi connectivity index (χ0v) is 13.2. The maximum atomic E-state index is 11.6. The zero-order valence-electron chi connectivity index (χ0n) is 13.2. The molecule has 0 aromatic heterocycles. The fourth-order valence-corrected chi connectivity index (χ4v) is 2.29. The first-order chi connectivity index (χ1) is 9.65. The highest BCUT2D eigenvalue weighted by Crippen LogP contribution is 2.21. The molecule has 0 atom stereocenters. The second-order valence-corrected chi connectivity index (χ2v) is 5.53. The van der Waals surface area contributed by atoms with Crippen LogP contribution in [0.5, 0.6) is 5.75 Å². The highest BCUT2D eigenvalue weighted by Gasteiger charge is 2.08. The van der Waals surface area contributed by atoms with Crippen LogP contribution < -0.4 is 4.74 Å². The maximum Gasteiger partial charge on any atom is 0.163 e. The largest absolute Gasteiger partial charge is 0.493 e. The molecule has 1 aromatic rings. The Morgan fingerprint density at radius 1 is 1.05 bits per heavy atom. The van der Waals surface area contributed by atoms with Gasteiger partial charge < -0.3 is 4.74 Å². The van der Waals surface area contributed by atoms with E-state index in [1.54, 1.807) is 6.92 Å². The summed E-state index contributed by atoms with van der Waals surface area (Å²) in [6.45, 7) is 6.53. The Morgan fingerprint density at radius 3 is 2.35 bits per heavy atom. The molecule has 0 spiro atoms. The number of ether oxygens (including phenoxy) is 1. The number of hydrogen-bond donors (Lipinski definition) is 0. The minimum atomic E-state index is 0.0725. The lowest BCUT2D eigenvalue weighted by molar-refractivity contribution is 0.101. The van der Waals surface area contributed by atoms with Crippen LogP contribution in [0.15, 0.2) is 18.2 Å². The highest BCUT2D eigenvalue weighted by atomic mass is 16.5. The molecule has 0 radical (unpaired) electrons. The molecule has 2 heteroatoms. The lowest BCUT2D eigenvalue weighted by Crippen LogP contribution is -2.03. The molecule has 0 unspecified atom stereocenters. The van der Waals surface area contributed by atoms with Gasteiger partial charge in [-0.15, -0.1) is 0 Å². The number of Topliss-reactive ketones (excluding diaryl/α,β-unsaturated/α-hetero) is 1. The average molecular weight is 276 g/mol. The molecule has 0 aliphatic rings. The Morgan fingerprint density at radius 2 is 1.70 bits per heavy atom. The summed E-state index contributed by atoms with van der Waals surface area (Å²) >= 11 is 0. The topological polar surface area (TPSA) is 26.3 Å². The summed E-state index contributed by atoms with van der Waals surface area (Å²) < 4.78 is 5.76.